The smallest absolute Gasteiger partial charge is 0.0803 e. The largest absolute Gasteiger partial charge is 0.354 e. The standard InChI is InChI=1S/C18H13N3/c19-21-16-8-4-2-5-11(16)12-9-10-15-17(18(12)21)13-6-1-3-7-14(13)20-15/h1-10,20H,19H2. The number of para-hydroxylation sites is 2. The first-order valence-electron chi connectivity index (χ1n) is 7.02. The zero-order valence-corrected chi connectivity index (χ0v) is 11.3. The molecule has 100 valence electrons. The van der Waals surface area contributed by atoms with Gasteiger partial charge in [0.2, 0.25) is 0 Å². The summed E-state index contributed by atoms with van der Waals surface area (Å²) >= 11 is 0. The third-order valence-electron chi connectivity index (χ3n) is 4.34. The average molecular weight is 271 g/mol. The summed E-state index contributed by atoms with van der Waals surface area (Å²) in [5.41, 5.74) is 4.42. The topological polar surface area (TPSA) is 46.7 Å². The summed E-state index contributed by atoms with van der Waals surface area (Å²) in [6.07, 6.45) is 0. The molecule has 2 aromatic heterocycles. The van der Waals surface area contributed by atoms with E-state index in [0.29, 0.717) is 0 Å². The van der Waals surface area contributed by atoms with Crippen molar-refractivity contribution in [2.75, 3.05) is 5.84 Å². The van der Waals surface area contributed by atoms with Crippen LogP contribution in [0, 0.1) is 0 Å². The molecule has 5 aromatic rings. The number of nitrogens with one attached hydrogen (secondary N) is 1. The number of aromatic nitrogens is 2. The summed E-state index contributed by atoms with van der Waals surface area (Å²) < 4.78 is 1.81. The first-order chi connectivity index (χ1) is 10.3. The Balaban J connectivity index is 2.18. The Kier molecular flexibility index (Phi) is 1.84. The second-order valence-corrected chi connectivity index (χ2v) is 5.44. The van der Waals surface area contributed by atoms with E-state index < -0.39 is 0 Å². The molecule has 0 saturated heterocycles. The highest BCUT2D eigenvalue weighted by Crippen LogP contribution is 2.36. The Morgan fingerprint density at radius 2 is 1.48 bits per heavy atom. The van der Waals surface area contributed by atoms with Gasteiger partial charge in [-0.05, 0) is 18.2 Å². The van der Waals surface area contributed by atoms with Crippen LogP contribution in [0.5, 0.6) is 0 Å². The molecule has 0 aliphatic heterocycles. The number of benzene rings is 3. The minimum Gasteiger partial charge on any atom is -0.354 e. The second kappa shape index (κ2) is 3.58. The lowest BCUT2D eigenvalue weighted by molar-refractivity contribution is 1.13. The molecule has 0 aliphatic rings. The monoisotopic (exact) mass is 271 g/mol. The molecule has 3 nitrogen and oxygen atoms in total. The number of rotatable bonds is 0. The van der Waals surface area contributed by atoms with E-state index in [1.807, 2.05) is 16.8 Å². The summed E-state index contributed by atoms with van der Waals surface area (Å²) in [4.78, 5) is 3.47. The molecule has 0 bridgehead atoms. The normalized spacial score (nSPS) is 12.0. The molecule has 0 unspecified atom stereocenters. The van der Waals surface area contributed by atoms with Gasteiger partial charge in [-0.1, -0.05) is 42.5 Å². The van der Waals surface area contributed by atoms with Gasteiger partial charge in [0.15, 0.2) is 0 Å². The minimum atomic E-state index is 1.06. The van der Waals surface area contributed by atoms with Gasteiger partial charge in [-0.15, -0.1) is 0 Å². The quantitative estimate of drug-likeness (QED) is 0.408. The van der Waals surface area contributed by atoms with E-state index in [1.165, 1.54) is 21.5 Å². The van der Waals surface area contributed by atoms with Crippen molar-refractivity contribution in [3.63, 3.8) is 0 Å². The maximum Gasteiger partial charge on any atom is 0.0803 e. The third-order valence-corrected chi connectivity index (χ3v) is 4.34. The molecule has 3 heteroatoms. The highest BCUT2D eigenvalue weighted by atomic mass is 15.3. The Bertz CT molecular complexity index is 1140. The van der Waals surface area contributed by atoms with Crippen LogP contribution in [-0.2, 0) is 0 Å². The van der Waals surface area contributed by atoms with Crippen LogP contribution in [0.1, 0.15) is 0 Å². The number of nitrogens with zero attached hydrogens (tertiary/aromatic N) is 1. The lowest BCUT2D eigenvalue weighted by Crippen LogP contribution is -2.06. The van der Waals surface area contributed by atoms with Gasteiger partial charge in [0.25, 0.3) is 0 Å². The van der Waals surface area contributed by atoms with Gasteiger partial charge in [0.05, 0.1) is 11.0 Å². The second-order valence-electron chi connectivity index (χ2n) is 5.44. The molecule has 0 radical (unpaired) electrons. The fourth-order valence-electron chi connectivity index (χ4n) is 3.42. The predicted molar refractivity (Wildman–Crippen MR) is 89.0 cm³/mol. The van der Waals surface area contributed by atoms with Gasteiger partial charge < -0.3 is 10.8 Å². The van der Waals surface area contributed by atoms with E-state index >= 15 is 0 Å². The van der Waals surface area contributed by atoms with Crippen LogP contribution in [0.3, 0.4) is 0 Å². The molecule has 3 N–H and O–H groups in total. The molecule has 5 rings (SSSR count). The average Bonchev–Trinajstić information content (AvgIpc) is 3.04. The summed E-state index contributed by atoms with van der Waals surface area (Å²) in [6, 6.07) is 20.9. The number of aromatic amines is 1. The molecule has 0 amide bonds. The molecular weight excluding hydrogens is 258 g/mol. The van der Waals surface area contributed by atoms with Crippen molar-refractivity contribution in [1.82, 2.24) is 9.66 Å². The van der Waals surface area contributed by atoms with Crippen molar-refractivity contribution in [3.05, 3.63) is 60.7 Å². The highest BCUT2D eigenvalue weighted by Gasteiger charge is 2.14. The molecule has 0 fully saturated rings. The molecule has 2 heterocycles. The number of hydrogen-bond acceptors (Lipinski definition) is 1. The van der Waals surface area contributed by atoms with Gasteiger partial charge in [-0.25, -0.2) is 0 Å². The number of nitrogens with two attached hydrogens (primary N) is 1. The first-order valence-corrected chi connectivity index (χ1v) is 7.02. The summed E-state index contributed by atoms with van der Waals surface area (Å²) in [5, 5.41) is 4.81. The van der Waals surface area contributed by atoms with Crippen molar-refractivity contribution < 1.29 is 0 Å². The fourth-order valence-corrected chi connectivity index (χ4v) is 3.42. The minimum absolute atomic E-state index is 1.06. The summed E-state index contributed by atoms with van der Waals surface area (Å²) in [7, 11) is 0. The Morgan fingerprint density at radius 3 is 2.38 bits per heavy atom. The molecule has 21 heavy (non-hydrogen) atoms. The van der Waals surface area contributed by atoms with Crippen molar-refractivity contribution in [2.45, 2.75) is 0 Å². The highest BCUT2D eigenvalue weighted by molar-refractivity contribution is 6.24. The number of H-pyrrole nitrogens is 1. The summed E-state index contributed by atoms with van der Waals surface area (Å²) in [6.45, 7) is 0. The zero-order valence-electron chi connectivity index (χ0n) is 11.3. The van der Waals surface area contributed by atoms with E-state index in [-0.39, 0.29) is 0 Å². The van der Waals surface area contributed by atoms with Crippen LogP contribution in [0.25, 0.3) is 43.6 Å². The number of nitrogen functional groups attached to an aromatic ring is 1. The molecule has 0 atom stereocenters. The van der Waals surface area contributed by atoms with Crippen molar-refractivity contribution in [1.29, 1.82) is 0 Å². The van der Waals surface area contributed by atoms with Gasteiger partial charge in [-0.3, -0.25) is 4.68 Å². The fraction of sp³-hybridized carbons (Fsp3) is 0. The van der Waals surface area contributed by atoms with E-state index in [4.69, 9.17) is 5.84 Å². The lowest BCUT2D eigenvalue weighted by Gasteiger charge is -2.00. The van der Waals surface area contributed by atoms with Gasteiger partial charge in [0, 0.05) is 32.6 Å². The third kappa shape index (κ3) is 1.23. The van der Waals surface area contributed by atoms with Crippen LogP contribution in [-0.4, -0.2) is 9.66 Å². The summed E-state index contributed by atoms with van der Waals surface area (Å²) in [5.74, 6) is 6.39. The first kappa shape index (κ1) is 10.8. The Hall–Kier alpha value is -2.94. The van der Waals surface area contributed by atoms with E-state index in [2.05, 4.69) is 53.5 Å². The van der Waals surface area contributed by atoms with Crippen LogP contribution in [0.4, 0.5) is 0 Å². The maximum absolute atomic E-state index is 6.39. The number of fused-ring (bicyclic) bond motifs is 7. The predicted octanol–water partition coefficient (Wildman–Crippen LogP) is 4.14. The van der Waals surface area contributed by atoms with Gasteiger partial charge in [-0.2, -0.15) is 0 Å². The van der Waals surface area contributed by atoms with Crippen molar-refractivity contribution in [2.24, 2.45) is 0 Å². The Labute approximate surface area is 120 Å². The van der Waals surface area contributed by atoms with Gasteiger partial charge in [0.1, 0.15) is 0 Å². The molecule has 0 saturated carbocycles. The SMILES string of the molecule is Nn1c2ccccc2c2ccc3[nH]c4ccccc4c3c21. The van der Waals surface area contributed by atoms with Crippen LogP contribution in [0.2, 0.25) is 0 Å². The molecular formula is C18H13N3. The van der Waals surface area contributed by atoms with E-state index in [1.54, 1.807) is 0 Å². The van der Waals surface area contributed by atoms with Gasteiger partial charge >= 0.3 is 0 Å². The van der Waals surface area contributed by atoms with Crippen molar-refractivity contribution >= 4 is 43.6 Å². The molecule has 0 aliphatic carbocycles. The molecule has 0 spiro atoms. The zero-order chi connectivity index (χ0) is 14.0. The van der Waals surface area contributed by atoms with Crippen molar-refractivity contribution in [3.8, 4) is 0 Å². The lowest BCUT2D eigenvalue weighted by atomic mass is 10.1. The number of hydrogen-bond donors (Lipinski definition) is 2. The van der Waals surface area contributed by atoms with Crippen LogP contribution < -0.4 is 5.84 Å². The molecule has 3 aromatic carbocycles. The van der Waals surface area contributed by atoms with E-state index in [0.717, 1.165) is 22.1 Å². The van der Waals surface area contributed by atoms with E-state index in [9.17, 15) is 0 Å². The van der Waals surface area contributed by atoms with Crippen LogP contribution in [0.15, 0.2) is 60.7 Å². The maximum atomic E-state index is 6.39. The Morgan fingerprint density at radius 1 is 0.714 bits per heavy atom. The van der Waals surface area contributed by atoms with Crippen LogP contribution >= 0.6 is 0 Å².